The molecule has 0 heterocycles. The Morgan fingerprint density at radius 3 is 2.61 bits per heavy atom. The Balaban J connectivity index is 2.04. The number of hydrogen-bond acceptors (Lipinski definition) is 3. The molecule has 1 N–H and O–H groups in total. The summed E-state index contributed by atoms with van der Waals surface area (Å²) in [5.74, 6) is 1.62. The summed E-state index contributed by atoms with van der Waals surface area (Å²) in [6.07, 6.45) is 6.60. The molecule has 1 fully saturated rings. The minimum atomic E-state index is 0.612. The topological polar surface area (TPSA) is 30.5 Å². The molecule has 3 heteroatoms. The Kier molecular flexibility index (Phi) is 4.73. The summed E-state index contributed by atoms with van der Waals surface area (Å²) in [5, 5.41) is 3.59. The molecule has 2 rings (SSSR count). The highest BCUT2D eigenvalue weighted by Gasteiger charge is 2.14. The van der Waals surface area contributed by atoms with E-state index < -0.39 is 0 Å². The average Bonchev–Trinajstić information content (AvgIpc) is 2.42. The van der Waals surface area contributed by atoms with Crippen molar-refractivity contribution in [3.05, 3.63) is 18.2 Å². The molecule has 1 aromatic rings. The lowest BCUT2D eigenvalue weighted by Crippen LogP contribution is -2.22. The van der Waals surface area contributed by atoms with Gasteiger partial charge in [0.1, 0.15) is 0 Å². The van der Waals surface area contributed by atoms with Crippen molar-refractivity contribution in [2.24, 2.45) is 0 Å². The molecule has 1 saturated carbocycles. The Labute approximate surface area is 109 Å². The smallest absolute Gasteiger partial charge is 0.162 e. The highest BCUT2D eigenvalue weighted by molar-refractivity contribution is 5.55. The van der Waals surface area contributed by atoms with Gasteiger partial charge in [-0.2, -0.15) is 0 Å². The zero-order chi connectivity index (χ0) is 12.8. The fourth-order valence-corrected chi connectivity index (χ4v) is 2.51. The third-order valence-corrected chi connectivity index (χ3v) is 3.44. The third kappa shape index (κ3) is 3.31. The Morgan fingerprint density at radius 2 is 1.94 bits per heavy atom. The van der Waals surface area contributed by atoms with Gasteiger partial charge in [-0.1, -0.05) is 19.3 Å². The predicted octanol–water partition coefficient (Wildman–Crippen LogP) is 3.84. The van der Waals surface area contributed by atoms with Crippen LogP contribution in [0.15, 0.2) is 18.2 Å². The van der Waals surface area contributed by atoms with Gasteiger partial charge in [0.25, 0.3) is 0 Å². The van der Waals surface area contributed by atoms with E-state index in [4.69, 9.17) is 9.47 Å². The minimum Gasteiger partial charge on any atom is -0.493 e. The maximum absolute atomic E-state index is 5.52. The Hall–Kier alpha value is -1.38. The lowest BCUT2D eigenvalue weighted by molar-refractivity contribution is 0.311. The summed E-state index contributed by atoms with van der Waals surface area (Å²) in [6.45, 7) is 2.64. The molecular weight excluding hydrogens is 226 g/mol. The summed E-state index contributed by atoms with van der Waals surface area (Å²) in [6, 6.07) is 6.69. The van der Waals surface area contributed by atoms with Crippen molar-refractivity contribution in [2.75, 3.05) is 19.0 Å². The summed E-state index contributed by atoms with van der Waals surface area (Å²) in [5.41, 5.74) is 1.13. The monoisotopic (exact) mass is 249 g/mol. The highest BCUT2D eigenvalue weighted by atomic mass is 16.5. The average molecular weight is 249 g/mol. The van der Waals surface area contributed by atoms with E-state index >= 15 is 0 Å². The van der Waals surface area contributed by atoms with Crippen LogP contribution in [0, 0.1) is 0 Å². The first-order chi connectivity index (χ1) is 8.83. The number of hydrogen-bond donors (Lipinski definition) is 1. The Bertz CT molecular complexity index is 373. The molecule has 0 aliphatic heterocycles. The molecule has 1 aliphatic rings. The van der Waals surface area contributed by atoms with Crippen LogP contribution in [0.5, 0.6) is 11.5 Å². The second-order valence-electron chi connectivity index (χ2n) is 4.78. The van der Waals surface area contributed by atoms with Gasteiger partial charge >= 0.3 is 0 Å². The van der Waals surface area contributed by atoms with Gasteiger partial charge in [0.15, 0.2) is 11.5 Å². The minimum absolute atomic E-state index is 0.612. The van der Waals surface area contributed by atoms with Gasteiger partial charge in [0.05, 0.1) is 13.7 Å². The molecule has 0 amide bonds. The number of anilines is 1. The molecule has 0 atom stereocenters. The molecule has 18 heavy (non-hydrogen) atoms. The summed E-state index contributed by atoms with van der Waals surface area (Å²) >= 11 is 0. The van der Waals surface area contributed by atoms with E-state index in [9.17, 15) is 0 Å². The van der Waals surface area contributed by atoms with Crippen LogP contribution in [0.25, 0.3) is 0 Å². The first kappa shape index (κ1) is 13.1. The second kappa shape index (κ2) is 6.53. The molecule has 0 aromatic heterocycles. The van der Waals surface area contributed by atoms with E-state index in [1.165, 1.54) is 32.1 Å². The first-order valence-electron chi connectivity index (χ1n) is 6.91. The number of ether oxygens (including phenoxy) is 2. The summed E-state index contributed by atoms with van der Waals surface area (Å²) < 4.78 is 10.9. The van der Waals surface area contributed by atoms with Gasteiger partial charge in [-0.3, -0.25) is 0 Å². The molecule has 0 spiro atoms. The van der Waals surface area contributed by atoms with Crippen molar-refractivity contribution < 1.29 is 9.47 Å². The molecule has 0 saturated heterocycles. The van der Waals surface area contributed by atoms with Crippen LogP contribution in [0.3, 0.4) is 0 Å². The number of methoxy groups -OCH3 is 1. The zero-order valence-electron chi connectivity index (χ0n) is 11.4. The lowest BCUT2D eigenvalue weighted by atomic mass is 9.95. The van der Waals surface area contributed by atoms with Crippen LogP contribution >= 0.6 is 0 Å². The van der Waals surface area contributed by atoms with Gasteiger partial charge < -0.3 is 14.8 Å². The Morgan fingerprint density at radius 1 is 1.17 bits per heavy atom. The van der Waals surface area contributed by atoms with Gasteiger partial charge in [0.2, 0.25) is 0 Å². The summed E-state index contributed by atoms with van der Waals surface area (Å²) in [7, 11) is 1.68. The summed E-state index contributed by atoms with van der Waals surface area (Å²) in [4.78, 5) is 0. The fourth-order valence-electron chi connectivity index (χ4n) is 2.51. The van der Waals surface area contributed by atoms with E-state index in [1.807, 2.05) is 19.1 Å². The molecule has 3 nitrogen and oxygen atoms in total. The fraction of sp³-hybridized carbons (Fsp3) is 0.600. The molecule has 0 unspecified atom stereocenters. The largest absolute Gasteiger partial charge is 0.493 e. The van der Waals surface area contributed by atoms with Crippen LogP contribution < -0.4 is 14.8 Å². The van der Waals surface area contributed by atoms with Crippen LogP contribution in [0.1, 0.15) is 39.0 Å². The van der Waals surface area contributed by atoms with E-state index in [-0.39, 0.29) is 0 Å². The normalized spacial score (nSPS) is 16.3. The number of benzene rings is 1. The molecular formula is C15H23NO2. The number of nitrogens with one attached hydrogen (secondary N) is 1. The van der Waals surface area contributed by atoms with Gasteiger partial charge in [0, 0.05) is 17.8 Å². The predicted molar refractivity (Wildman–Crippen MR) is 74.7 cm³/mol. The highest BCUT2D eigenvalue weighted by Crippen LogP contribution is 2.31. The maximum Gasteiger partial charge on any atom is 0.162 e. The quantitative estimate of drug-likeness (QED) is 0.860. The standard InChI is InChI=1S/C15H23NO2/c1-3-18-14-10-9-13(11-15(14)17-2)16-12-7-5-4-6-8-12/h9-12,16H,3-8H2,1-2H3. The maximum atomic E-state index is 5.52. The van der Waals surface area contributed by atoms with E-state index in [1.54, 1.807) is 7.11 Å². The van der Waals surface area contributed by atoms with Gasteiger partial charge in [-0.25, -0.2) is 0 Å². The van der Waals surface area contributed by atoms with Crippen molar-refractivity contribution in [2.45, 2.75) is 45.1 Å². The van der Waals surface area contributed by atoms with Crippen LogP contribution in [0.4, 0.5) is 5.69 Å². The number of rotatable bonds is 5. The van der Waals surface area contributed by atoms with Gasteiger partial charge in [-0.05, 0) is 31.9 Å². The van der Waals surface area contributed by atoms with E-state index in [2.05, 4.69) is 11.4 Å². The van der Waals surface area contributed by atoms with Crippen LogP contribution in [-0.2, 0) is 0 Å². The van der Waals surface area contributed by atoms with Crippen molar-refractivity contribution in [1.29, 1.82) is 0 Å². The molecule has 100 valence electrons. The second-order valence-corrected chi connectivity index (χ2v) is 4.78. The molecule has 0 radical (unpaired) electrons. The first-order valence-corrected chi connectivity index (χ1v) is 6.91. The molecule has 1 aliphatic carbocycles. The third-order valence-electron chi connectivity index (χ3n) is 3.44. The lowest BCUT2D eigenvalue weighted by Gasteiger charge is -2.24. The van der Waals surface area contributed by atoms with Crippen LogP contribution in [0.2, 0.25) is 0 Å². The zero-order valence-corrected chi connectivity index (χ0v) is 11.4. The van der Waals surface area contributed by atoms with Crippen molar-refractivity contribution in [3.63, 3.8) is 0 Å². The SMILES string of the molecule is CCOc1ccc(NC2CCCCC2)cc1OC. The van der Waals surface area contributed by atoms with Crippen LogP contribution in [-0.4, -0.2) is 19.8 Å². The van der Waals surface area contributed by atoms with Gasteiger partial charge in [-0.15, -0.1) is 0 Å². The molecule has 1 aromatic carbocycles. The van der Waals surface area contributed by atoms with Crippen molar-refractivity contribution >= 4 is 5.69 Å². The molecule has 0 bridgehead atoms. The van der Waals surface area contributed by atoms with E-state index in [0.717, 1.165) is 17.2 Å². The van der Waals surface area contributed by atoms with Crippen molar-refractivity contribution in [3.8, 4) is 11.5 Å². The van der Waals surface area contributed by atoms with Crippen molar-refractivity contribution in [1.82, 2.24) is 0 Å². The van der Waals surface area contributed by atoms with E-state index in [0.29, 0.717) is 12.6 Å².